The monoisotopic (exact) mass is 544 g/mol. The van der Waals surface area contributed by atoms with Crippen molar-refractivity contribution in [3.63, 3.8) is 0 Å². The molecule has 13 heteroatoms. The Morgan fingerprint density at radius 3 is 2.43 bits per heavy atom. The van der Waals surface area contributed by atoms with E-state index in [4.69, 9.17) is 16.9 Å². The Bertz CT molecular complexity index is 1440. The van der Waals surface area contributed by atoms with Gasteiger partial charge in [0.15, 0.2) is 21.3 Å². The lowest BCUT2D eigenvalue weighted by Crippen LogP contribution is -2.66. The summed E-state index contributed by atoms with van der Waals surface area (Å²) in [5.41, 5.74) is 0.660. The summed E-state index contributed by atoms with van der Waals surface area (Å²) < 4.78 is 23.4. The van der Waals surface area contributed by atoms with E-state index in [0.29, 0.717) is 37.7 Å². The number of sulfone groups is 1. The minimum absolute atomic E-state index is 0.0614. The molecule has 0 bridgehead atoms. The maximum absolute atomic E-state index is 13.3. The molecule has 3 aliphatic heterocycles. The molecule has 11 nitrogen and oxygen atoms in total. The van der Waals surface area contributed by atoms with E-state index < -0.39 is 14.6 Å². The molecule has 5 rings (SSSR count). The van der Waals surface area contributed by atoms with Crippen molar-refractivity contribution in [1.29, 1.82) is 5.26 Å². The molecule has 0 aromatic carbocycles. The Labute approximate surface area is 221 Å². The van der Waals surface area contributed by atoms with Crippen molar-refractivity contribution in [3.05, 3.63) is 28.7 Å². The molecule has 196 valence electrons. The first kappa shape index (κ1) is 25.6. The number of halogens is 1. The molecule has 0 saturated carbocycles. The van der Waals surface area contributed by atoms with Crippen LogP contribution in [0, 0.1) is 11.3 Å². The standard InChI is InChI=1S/C24H29ClN8O3S/c1-14-11-32(22(34)24(5)6-7-37(24,35)36)15(2)10-31(14)20-19-21(28-13-27-20)33(12-23(19,3)4)18-8-16(25)17(9-26)29-30-18/h8,13-15H,6-7,10-12H2,1-5H3/t14-,15+,24?/m0/s1. The zero-order valence-electron chi connectivity index (χ0n) is 21.4. The number of nitrogens with zero attached hydrogens (tertiary/aromatic N) is 8. The van der Waals surface area contributed by atoms with Crippen LogP contribution in [0.3, 0.4) is 0 Å². The zero-order chi connectivity index (χ0) is 26.9. The van der Waals surface area contributed by atoms with Crippen molar-refractivity contribution in [1.82, 2.24) is 25.1 Å². The molecule has 2 fully saturated rings. The second kappa shape index (κ2) is 8.49. The van der Waals surface area contributed by atoms with Gasteiger partial charge in [0, 0.05) is 48.8 Å². The summed E-state index contributed by atoms with van der Waals surface area (Å²) in [6.07, 6.45) is 1.87. The molecule has 2 aromatic heterocycles. The van der Waals surface area contributed by atoms with Gasteiger partial charge < -0.3 is 14.7 Å². The Balaban J connectivity index is 1.47. The van der Waals surface area contributed by atoms with Crippen molar-refractivity contribution >= 4 is 44.8 Å². The van der Waals surface area contributed by atoms with Crippen LogP contribution in [-0.4, -0.2) is 81.6 Å². The van der Waals surface area contributed by atoms with Crippen LogP contribution in [0.5, 0.6) is 0 Å². The predicted molar refractivity (Wildman–Crippen MR) is 139 cm³/mol. The number of piperazine rings is 1. The van der Waals surface area contributed by atoms with Gasteiger partial charge in [-0.15, -0.1) is 10.2 Å². The minimum atomic E-state index is -3.41. The second-order valence-corrected chi connectivity index (χ2v) is 13.9. The molecular weight excluding hydrogens is 516 g/mol. The first-order valence-electron chi connectivity index (χ1n) is 12.2. The summed E-state index contributed by atoms with van der Waals surface area (Å²) in [5.74, 6) is 1.71. The summed E-state index contributed by atoms with van der Waals surface area (Å²) in [5, 5.41) is 17.5. The average Bonchev–Trinajstić information content (AvgIpc) is 3.14. The number of fused-ring (bicyclic) bond motifs is 1. The molecule has 3 atom stereocenters. The van der Waals surface area contributed by atoms with Gasteiger partial charge in [-0.2, -0.15) is 5.26 Å². The highest BCUT2D eigenvalue weighted by molar-refractivity contribution is 7.95. The summed E-state index contributed by atoms with van der Waals surface area (Å²) in [7, 11) is -3.41. The fourth-order valence-electron chi connectivity index (χ4n) is 5.52. The summed E-state index contributed by atoms with van der Waals surface area (Å²) in [4.78, 5) is 28.4. The normalized spacial score (nSPS) is 27.9. The molecule has 1 unspecified atom stereocenters. The number of hydrogen-bond donors (Lipinski definition) is 0. The maximum atomic E-state index is 13.3. The Morgan fingerprint density at radius 1 is 1.14 bits per heavy atom. The Morgan fingerprint density at radius 2 is 1.84 bits per heavy atom. The number of anilines is 3. The van der Waals surface area contributed by atoms with Crippen molar-refractivity contribution in [3.8, 4) is 6.07 Å². The number of rotatable bonds is 3. The number of hydrogen-bond acceptors (Lipinski definition) is 10. The van der Waals surface area contributed by atoms with E-state index in [0.717, 1.165) is 11.4 Å². The van der Waals surface area contributed by atoms with Gasteiger partial charge in [0.05, 0.1) is 10.8 Å². The second-order valence-electron chi connectivity index (χ2n) is 11.0. The van der Waals surface area contributed by atoms with Crippen LogP contribution in [-0.2, 0) is 20.0 Å². The smallest absolute Gasteiger partial charge is 0.244 e. The first-order valence-corrected chi connectivity index (χ1v) is 14.2. The number of carbonyl (C=O) groups is 1. The third-order valence-electron chi connectivity index (χ3n) is 7.92. The molecule has 2 aromatic rings. The molecule has 0 aliphatic carbocycles. The largest absolute Gasteiger partial charge is 0.350 e. The molecule has 37 heavy (non-hydrogen) atoms. The van der Waals surface area contributed by atoms with E-state index in [-0.39, 0.29) is 39.9 Å². The van der Waals surface area contributed by atoms with Gasteiger partial charge in [-0.3, -0.25) is 4.79 Å². The number of nitriles is 1. The quantitative estimate of drug-likeness (QED) is 0.565. The summed E-state index contributed by atoms with van der Waals surface area (Å²) in [6.45, 7) is 11.2. The van der Waals surface area contributed by atoms with Crippen molar-refractivity contribution in [2.24, 2.45) is 0 Å². The maximum Gasteiger partial charge on any atom is 0.244 e. The van der Waals surface area contributed by atoms with Gasteiger partial charge in [0.2, 0.25) is 5.91 Å². The summed E-state index contributed by atoms with van der Waals surface area (Å²) >= 11 is 6.24. The van der Waals surface area contributed by atoms with Gasteiger partial charge in [-0.1, -0.05) is 25.4 Å². The Kier molecular flexibility index (Phi) is 5.88. The zero-order valence-corrected chi connectivity index (χ0v) is 23.0. The fraction of sp³-hybridized carbons (Fsp3) is 0.583. The predicted octanol–water partition coefficient (Wildman–Crippen LogP) is 2.22. The van der Waals surface area contributed by atoms with Gasteiger partial charge in [-0.25, -0.2) is 18.4 Å². The van der Waals surface area contributed by atoms with Crippen LogP contribution in [0.25, 0.3) is 0 Å². The van der Waals surface area contributed by atoms with Gasteiger partial charge in [-0.05, 0) is 27.2 Å². The number of carbonyl (C=O) groups excluding carboxylic acids is 1. The van der Waals surface area contributed by atoms with E-state index in [1.165, 1.54) is 6.33 Å². The first-order chi connectivity index (χ1) is 17.3. The van der Waals surface area contributed by atoms with Gasteiger partial charge >= 0.3 is 0 Å². The SMILES string of the molecule is C[C@@H]1CN(c2ncnc3c2C(C)(C)CN3c2cc(Cl)c(C#N)nn2)[C@@H](C)CN1C(=O)C1(C)CCS1(=O)=O. The molecule has 0 radical (unpaired) electrons. The lowest BCUT2D eigenvalue weighted by molar-refractivity contribution is -0.137. The molecule has 3 aliphatic rings. The minimum Gasteiger partial charge on any atom is -0.350 e. The van der Waals surface area contributed by atoms with Crippen LogP contribution >= 0.6 is 11.6 Å². The van der Waals surface area contributed by atoms with E-state index in [2.05, 4.69) is 38.9 Å². The van der Waals surface area contributed by atoms with E-state index in [1.807, 2.05) is 24.8 Å². The van der Waals surface area contributed by atoms with Gasteiger partial charge in [0.25, 0.3) is 0 Å². The van der Waals surface area contributed by atoms with E-state index in [9.17, 15) is 13.2 Å². The van der Waals surface area contributed by atoms with Gasteiger partial charge in [0.1, 0.15) is 28.8 Å². The summed E-state index contributed by atoms with van der Waals surface area (Å²) in [6, 6.07) is 3.24. The molecule has 2 saturated heterocycles. The van der Waals surface area contributed by atoms with Crippen LogP contribution in [0.4, 0.5) is 17.5 Å². The fourth-order valence-corrected chi connectivity index (χ4v) is 7.24. The van der Waals surface area contributed by atoms with E-state index >= 15 is 0 Å². The number of aromatic nitrogens is 4. The topological polar surface area (TPSA) is 136 Å². The molecule has 0 N–H and O–H groups in total. The highest BCUT2D eigenvalue weighted by Gasteiger charge is 2.57. The van der Waals surface area contributed by atoms with Crippen LogP contribution < -0.4 is 9.80 Å². The number of amides is 1. The molecular formula is C24H29ClN8O3S. The third kappa shape index (κ3) is 3.82. The molecule has 0 spiro atoms. The lowest BCUT2D eigenvalue weighted by atomic mass is 9.87. The van der Waals surface area contributed by atoms with Crippen LogP contribution in [0.2, 0.25) is 5.02 Å². The van der Waals surface area contributed by atoms with Crippen molar-refractivity contribution in [2.45, 2.75) is 63.3 Å². The highest BCUT2D eigenvalue weighted by Crippen LogP contribution is 2.47. The van der Waals surface area contributed by atoms with Crippen LogP contribution in [0.15, 0.2) is 12.4 Å². The highest BCUT2D eigenvalue weighted by atomic mass is 35.5. The lowest BCUT2D eigenvalue weighted by Gasteiger charge is -2.49. The average molecular weight is 545 g/mol. The van der Waals surface area contributed by atoms with E-state index in [1.54, 1.807) is 17.9 Å². The molecule has 1 amide bonds. The third-order valence-corrected chi connectivity index (χ3v) is 10.7. The Hall–Kier alpha value is -3.04. The van der Waals surface area contributed by atoms with Crippen molar-refractivity contribution < 1.29 is 13.2 Å². The molecule has 5 heterocycles. The van der Waals surface area contributed by atoms with Crippen molar-refractivity contribution in [2.75, 3.05) is 35.2 Å². The van der Waals surface area contributed by atoms with Crippen LogP contribution in [0.1, 0.15) is 52.3 Å².